The van der Waals surface area contributed by atoms with Crippen LogP contribution in [0.3, 0.4) is 0 Å². The molecule has 0 atom stereocenters. The summed E-state index contributed by atoms with van der Waals surface area (Å²) >= 11 is 0. The molecule has 0 fully saturated rings. The van der Waals surface area contributed by atoms with Crippen LogP contribution >= 0.6 is 0 Å². The average molecular weight is 286 g/mol. The second kappa shape index (κ2) is 17.0. The number of hydrogen-bond donors (Lipinski definition) is 1. The van der Waals surface area contributed by atoms with Gasteiger partial charge in [-0.2, -0.15) is 0 Å². The first-order valence-corrected chi connectivity index (χ1v) is 9.10. The van der Waals surface area contributed by atoms with Gasteiger partial charge in [0.15, 0.2) is 0 Å². The number of hydrogen-bond acceptors (Lipinski definition) is 2. The number of aliphatic hydroxyl groups excluding tert-OH is 1. The van der Waals surface area contributed by atoms with Gasteiger partial charge in [0.05, 0.1) is 6.61 Å². The highest BCUT2D eigenvalue weighted by atomic mass is 16.3. The summed E-state index contributed by atoms with van der Waals surface area (Å²) in [6.07, 6.45) is 18.4. The predicted octanol–water partition coefficient (Wildman–Crippen LogP) is 5.00. The van der Waals surface area contributed by atoms with Crippen molar-refractivity contribution in [3.63, 3.8) is 0 Å². The third kappa shape index (κ3) is 16.0. The number of aliphatic hydroxyl groups is 1. The smallest absolute Gasteiger partial charge is 0.0558 e. The van der Waals surface area contributed by atoms with Crippen LogP contribution in [0.25, 0.3) is 0 Å². The lowest BCUT2D eigenvalue weighted by atomic mass is 10.0. The number of nitrogens with zero attached hydrogens (tertiary/aromatic N) is 1. The summed E-state index contributed by atoms with van der Waals surface area (Å²) in [5, 5.41) is 8.80. The standard InChI is InChI=1S/C18H39NO/c1-3-4-5-6-7-8-9-10-11-12-13-14-15-16-19(2)17-18-20/h20H,3-18H2,1-2H3. The molecule has 0 unspecified atom stereocenters. The molecule has 0 heterocycles. The highest BCUT2D eigenvalue weighted by molar-refractivity contribution is 4.52. The van der Waals surface area contributed by atoms with Gasteiger partial charge in [0, 0.05) is 6.54 Å². The summed E-state index contributed by atoms with van der Waals surface area (Å²) < 4.78 is 0. The highest BCUT2D eigenvalue weighted by Crippen LogP contribution is 2.12. The Labute approximate surface area is 127 Å². The zero-order valence-corrected chi connectivity index (χ0v) is 14.2. The van der Waals surface area contributed by atoms with Crippen molar-refractivity contribution in [3.8, 4) is 0 Å². The fourth-order valence-corrected chi connectivity index (χ4v) is 2.68. The minimum atomic E-state index is 0.287. The quantitative estimate of drug-likeness (QED) is 0.403. The number of likely N-dealkylation sites (N-methyl/N-ethyl adjacent to an activating group) is 1. The fraction of sp³-hybridized carbons (Fsp3) is 1.00. The minimum absolute atomic E-state index is 0.287. The van der Waals surface area contributed by atoms with Crippen LogP contribution in [0.4, 0.5) is 0 Å². The lowest BCUT2D eigenvalue weighted by molar-refractivity contribution is 0.219. The molecule has 0 aliphatic heterocycles. The SMILES string of the molecule is CCCCCCCCCCCCCCCN(C)CCO. The van der Waals surface area contributed by atoms with Crippen LogP contribution in [0, 0.1) is 0 Å². The molecule has 0 aromatic carbocycles. The van der Waals surface area contributed by atoms with E-state index in [-0.39, 0.29) is 6.61 Å². The van der Waals surface area contributed by atoms with E-state index >= 15 is 0 Å². The Bertz CT molecular complexity index is 173. The van der Waals surface area contributed by atoms with Crippen molar-refractivity contribution in [1.29, 1.82) is 0 Å². The van der Waals surface area contributed by atoms with E-state index in [1.807, 2.05) is 0 Å². The summed E-state index contributed by atoms with van der Waals surface area (Å²) in [5.74, 6) is 0. The molecule has 1 N–H and O–H groups in total. The molecule has 0 rings (SSSR count). The first-order valence-electron chi connectivity index (χ1n) is 9.10. The van der Waals surface area contributed by atoms with Crippen LogP contribution in [0.5, 0.6) is 0 Å². The van der Waals surface area contributed by atoms with Crippen molar-refractivity contribution in [2.24, 2.45) is 0 Å². The molecule has 0 aromatic heterocycles. The topological polar surface area (TPSA) is 23.5 Å². The summed E-state index contributed by atoms with van der Waals surface area (Å²) in [6.45, 7) is 4.52. The highest BCUT2D eigenvalue weighted by Gasteiger charge is 1.97. The van der Waals surface area contributed by atoms with E-state index in [2.05, 4.69) is 18.9 Å². The lowest BCUT2D eigenvalue weighted by Crippen LogP contribution is -2.23. The molecule has 0 saturated heterocycles. The zero-order chi connectivity index (χ0) is 14.9. The number of rotatable bonds is 16. The fourth-order valence-electron chi connectivity index (χ4n) is 2.68. The molecule has 0 aliphatic carbocycles. The van der Waals surface area contributed by atoms with Gasteiger partial charge in [-0.3, -0.25) is 0 Å². The van der Waals surface area contributed by atoms with Gasteiger partial charge in [-0.1, -0.05) is 84.0 Å². The summed E-state index contributed by atoms with van der Waals surface area (Å²) in [5.41, 5.74) is 0. The predicted molar refractivity (Wildman–Crippen MR) is 90.3 cm³/mol. The van der Waals surface area contributed by atoms with Crippen LogP contribution in [-0.4, -0.2) is 36.8 Å². The zero-order valence-electron chi connectivity index (χ0n) is 14.2. The van der Waals surface area contributed by atoms with Crippen LogP contribution in [0.15, 0.2) is 0 Å². The Hall–Kier alpha value is -0.0800. The van der Waals surface area contributed by atoms with Gasteiger partial charge in [-0.05, 0) is 20.0 Å². The molecule has 2 nitrogen and oxygen atoms in total. The molecule has 122 valence electrons. The van der Waals surface area contributed by atoms with Gasteiger partial charge >= 0.3 is 0 Å². The Morgan fingerprint density at radius 1 is 0.600 bits per heavy atom. The van der Waals surface area contributed by atoms with E-state index in [1.165, 1.54) is 83.5 Å². The van der Waals surface area contributed by atoms with Crippen molar-refractivity contribution in [1.82, 2.24) is 4.90 Å². The maximum atomic E-state index is 8.80. The van der Waals surface area contributed by atoms with E-state index < -0.39 is 0 Å². The molecule has 2 heteroatoms. The van der Waals surface area contributed by atoms with Crippen molar-refractivity contribution in [2.45, 2.75) is 90.4 Å². The Morgan fingerprint density at radius 2 is 1.00 bits per heavy atom. The number of unbranched alkanes of at least 4 members (excludes halogenated alkanes) is 12. The third-order valence-electron chi connectivity index (χ3n) is 4.13. The van der Waals surface area contributed by atoms with Gasteiger partial charge in [-0.15, -0.1) is 0 Å². The van der Waals surface area contributed by atoms with Gasteiger partial charge in [0.2, 0.25) is 0 Å². The molecule has 0 amide bonds. The molecule has 20 heavy (non-hydrogen) atoms. The molecule has 0 saturated carbocycles. The molecule has 0 aromatic rings. The maximum absolute atomic E-state index is 8.80. The van der Waals surface area contributed by atoms with Gasteiger partial charge in [0.25, 0.3) is 0 Å². The Morgan fingerprint density at radius 3 is 1.40 bits per heavy atom. The van der Waals surface area contributed by atoms with Crippen LogP contribution in [0.2, 0.25) is 0 Å². The minimum Gasteiger partial charge on any atom is -0.395 e. The van der Waals surface area contributed by atoms with Gasteiger partial charge in [0.1, 0.15) is 0 Å². The van der Waals surface area contributed by atoms with Crippen molar-refractivity contribution >= 4 is 0 Å². The molecular weight excluding hydrogens is 246 g/mol. The largest absolute Gasteiger partial charge is 0.395 e. The first kappa shape index (κ1) is 19.9. The third-order valence-corrected chi connectivity index (χ3v) is 4.13. The van der Waals surface area contributed by atoms with E-state index in [4.69, 9.17) is 5.11 Å². The molecule has 0 spiro atoms. The first-order chi connectivity index (χ1) is 9.81. The van der Waals surface area contributed by atoms with Crippen LogP contribution < -0.4 is 0 Å². The lowest BCUT2D eigenvalue weighted by Gasteiger charge is -2.14. The van der Waals surface area contributed by atoms with E-state index in [9.17, 15) is 0 Å². The molecule has 0 bridgehead atoms. The van der Waals surface area contributed by atoms with Crippen LogP contribution in [-0.2, 0) is 0 Å². The Balaban J connectivity index is 2.99. The normalized spacial score (nSPS) is 11.4. The van der Waals surface area contributed by atoms with E-state index in [0.29, 0.717) is 0 Å². The summed E-state index contributed by atoms with van der Waals surface area (Å²) in [4.78, 5) is 2.22. The maximum Gasteiger partial charge on any atom is 0.0558 e. The summed E-state index contributed by atoms with van der Waals surface area (Å²) in [7, 11) is 2.09. The Kier molecular flexibility index (Phi) is 16.9. The van der Waals surface area contributed by atoms with E-state index in [0.717, 1.165) is 13.1 Å². The van der Waals surface area contributed by atoms with Crippen molar-refractivity contribution < 1.29 is 5.11 Å². The second-order valence-corrected chi connectivity index (χ2v) is 6.27. The summed E-state index contributed by atoms with van der Waals surface area (Å²) in [6, 6.07) is 0. The second-order valence-electron chi connectivity index (χ2n) is 6.27. The molecule has 0 radical (unpaired) electrons. The average Bonchev–Trinajstić information content (AvgIpc) is 2.44. The van der Waals surface area contributed by atoms with Crippen molar-refractivity contribution in [2.75, 3.05) is 26.7 Å². The molecule has 0 aliphatic rings. The van der Waals surface area contributed by atoms with Gasteiger partial charge < -0.3 is 10.0 Å². The molecular formula is C18H39NO. The van der Waals surface area contributed by atoms with Crippen LogP contribution in [0.1, 0.15) is 90.4 Å². The van der Waals surface area contributed by atoms with Gasteiger partial charge in [-0.25, -0.2) is 0 Å². The van der Waals surface area contributed by atoms with Crippen molar-refractivity contribution in [3.05, 3.63) is 0 Å². The monoisotopic (exact) mass is 285 g/mol. The van der Waals surface area contributed by atoms with E-state index in [1.54, 1.807) is 0 Å².